The summed E-state index contributed by atoms with van der Waals surface area (Å²) in [6.07, 6.45) is 8.35. The minimum absolute atomic E-state index is 0.559. The van der Waals surface area contributed by atoms with Gasteiger partial charge in [-0.25, -0.2) is 0 Å². The average Bonchev–Trinajstić information content (AvgIpc) is 2.70. The molecular weight excluding hydrogens is 316 g/mol. The van der Waals surface area contributed by atoms with Gasteiger partial charge >= 0.3 is 0 Å². The second-order valence-corrected chi connectivity index (χ2v) is 6.97. The Labute approximate surface area is 157 Å². The van der Waals surface area contributed by atoms with Crippen LogP contribution in [0, 0.1) is 0 Å². The van der Waals surface area contributed by atoms with E-state index in [0.717, 1.165) is 19.4 Å². The molecule has 1 heterocycles. The van der Waals surface area contributed by atoms with Gasteiger partial charge in [-0.15, -0.1) is 0 Å². The largest absolute Gasteiger partial charge is 0.299 e. The SMILES string of the molecule is CN(Cc1ccccc1)C(CCc1ccccc1)CCc1ccncc1. The quantitative estimate of drug-likeness (QED) is 0.534. The van der Waals surface area contributed by atoms with Crippen LogP contribution in [0.25, 0.3) is 0 Å². The van der Waals surface area contributed by atoms with Crippen molar-refractivity contribution in [2.45, 2.75) is 38.3 Å². The monoisotopic (exact) mass is 344 g/mol. The molecule has 0 saturated heterocycles. The van der Waals surface area contributed by atoms with Crippen molar-refractivity contribution in [3.63, 3.8) is 0 Å². The molecule has 1 unspecified atom stereocenters. The maximum absolute atomic E-state index is 4.13. The van der Waals surface area contributed by atoms with Crippen LogP contribution in [0.1, 0.15) is 29.5 Å². The molecule has 1 atom stereocenters. The van der Waals surface area contributed by atoms with Crippen molar-refractivity contribution in [3.8, 4) is 0 Å². The highest BCUT2D eigenvalue weighted by Crippen LogP contribution is 2.17. The Hall–Kier alpha value is -2.45. The standard InChI is InChI=1S/C24H28N2/c1-26(20-23-10-6-3-7-11-23)24(14-12-21-8-4-2-5-9-21)15-13-22-16-18-25-19-17-22/h2-11,16-19,24H,12-15,20H2,1H3. The highest BCUT2D eigenvalue weighted by Gasteiger charge is 2.15. The van der Waals surface area contributed by atoms with E-state index in [0.29, 0.717) is 6.04 Å². The zero-order valence-electron chi connectivity index (χ0n) is 15.6. The summed E-state index contributed by atoms with van der Waals surface area (Å²) in [7, 11) is 2.26. The van der Waals surface area contributed by atoms with Crippen LogP contribution >= 0.6 is 0 Å². The molecule has 0 bridgehead atoms. The highest BCUT2D eigenvalue weighted by molar-refractivity contribution is 5.16. The molecule has 0 N–H and O–H groups in total. The predicted octanol–water partition coefficient (Wildman–Crippen LogP) is 5.15. The molecule has 2 heteroatoms. The highest BCUT2D eigenvalue weighted by atomic mass is 15.1. The van der Waals surface area contributed by atoms with E-state index < -0.39 is 0 Å². The van der Waals surface area contributed by atoms with Gasteiger partial charge in [0.25, 0.3) is 0 Å². The van der Waals surface area contributed by atoms with Crippen molar-refractivity contribution in [2.24, 2.45) is 0 Å². The van der Waals surface area contributed by atoms with Crippen molar-refractivity contribution in [1.29, 1.82) is 0 Å². The van der Waals surface area contributed by atoms with Gasteiger partial charge in [-0.3, -0.25) is 9.88 Å². The van der Waals surface area contributed by atoms with Crippen LogP contribution in [0.5, 0.6) is 0 Å². The summed E-state index contributed by atoms with van der Waals surface area (Å²) in [5.74, 6) is 0. The molecule has 0 radical (unpaired) electrons. The average molecular weight is 345 g/mol. The van der Waals surface area contributed by atoms with Gasteiger partial charge in [-0.1, -0.05) is 60.7 Å². The lowest BCUT2D eigenvalue weighted by atomic mass is 9.98. The van der Waals surface area contributed by atoms with Crippen molar-refractivity contribution in [2.75, 3.05) is 7.05 Å². The van der Waals surface area contributed by atoms with Crippen LogP contribution in [-0.4, -0.2) is 23.0 Å². The van der Waals surface area contributed by atoms with Gasteiger partial charge in [0, 0.05) is 25.0 Å². The van der Waals surface area contributed by atoms with Gasteiger partial charge in [-0.2, -0.15) is 0 Å². The summed E-state index contributed by atoms with van der Waals surface area (Å²) in [6, 6.07) is 26.4. The molecule has 3 rings (SSSR count). The minimum Gasteiger partial charge on any atom is -0.299 e. The van der Waals surface area contributed by atoms with Crippen LogP contribution in [0.15, 0.2) is 85.2 Å². The molecule has 134 valence electrons. The van der Waals surface area contributed by atoms with Gasteiger partial charge in [0.15, 0.2) is 0 Å². The Morgan fingerprint density at radius 3 is 1.77 bits per heavy atom. The third-order valence-electron chi connectivity index (χ3n) is 5.02. The number of hydrogen-bond acceptors (Lipinski definition) is 2. The van der Waals surface area contributed by atoms with E-state index >= 15 is 0 Å². The van der Waals surface area contributed by atoms with Crippen LogP contribution < -0.4 is 0 Å². The number of pyridine rings is 1. The van der Waals surface area contributed by atoms with E-state index in [1.807, 2.05) is 12.4 Å². The fourth-order valence-corrected chi connectivity index (χ4v) is 3.45. The first-order valence-corrected chi connectivity index (χ1v) is 9.48. The normalized spacial score (nSPS) is 12.2. The minimum atomic E-state index is 0.559. The molecule has 1 aromatic heterocycles. The van der Waals surface area contributed by atoms with Gasteiger partial charge in [0.05, 0.1) is 0 Å². The molecule has 0 amide bonds. The first kappa shape index (κ1) is 18.3. The number of benzene rings is 2. The summed E-state index contributed by atoms with van der Waals surface area (Å²) >= 11 is 0. The van der Waals surface area contributed by atoms with Crippen LogP contribution in [0.4, 0.5) is 0 Å². The van der Waals surface area contributed by atoms with Gasteiger partial charge in [0.2, 0.25) is 0 Å². The van der Waals surface area contributed by atoms with Crippen molar-refractivity contribution < 1.29 is 0 Å². The Bertz CT molecular complexity index is 697. The smallest absolute Gasteiger partial charge is 0.0270 e. The Morgan fingerprint density at radius 2 is 1.19 bits per heavy atom. The van der Waals surface area contributed by atoms with Crippen molar-refractivity contribution >= 4 is 0 Å². The first-order valence-electron chi connectivity index (χ1n) is 9.48. The van der Waals surface area contributed by atoms with Gasteiger partial charge in [0.1, 0.15) is 0 Å². The lowest BCUT2D eigenvalue weighted by Gasteiger charge is -2.28. The van der Waals surface area contributed by atoms with E-state index in [2.05, 4.69) is 89.7 Å². The Morgan fingerprint density at radius 1 is 0.692 bits per heavy atom. The number of aromatic nitrogens is 1. The second-order valence-electron chi connectivity index (χ2n) is 6.97. The zero-order valence-corrected chi connectivity index (χ0v) is 15.6. The molecule has 26 heavy (non-hydrogen) atoms. The summed E-state index contributed by atoms with van der Waals surface area (Å²) in [5, 5.41) is 0. The van der Waals surface area contributed by atoms with Crippen molar-refractivity contribution in [3.05, 3.63) is 102 Å². The first-order chi connectivity index (χ1) is 12.8. The predicted molar refractivity (Wildman–Crippen MR) is 109 cm³/mol. The summed E-state index contributed by atoms with van der Waals surface area (Å²) in [6.45, 7) is 0.997. The molecule has 2 nitrogen and oxygen atoms in total. The fourth-order valence-electron chi connectivity index (χ4n) is 3.45. The molecule has 0 aliphatic carbocycles. The van der Waals surface area contributed by atoms with E-state index in [4.69, 9.17) is 0 Å². The number of aryl methyl sites for hydroxylation is 2. The molecular formula is C24H28N2. The lowest BCUT2D eigenvalue weighted by molar-refractivity contribution is 0.211. The lowest BCUT2D eigenvalue weighted by Crippen LogP contribution is -2.32. The van der Waals surface area contributed by atoms with E-state index in [1.54, 1.807) is 0 Å². The zero-order chi connectivity index (χ0) is 18.0. The Kier molecular flexibility index (Phi) is 6.97. The van der Waals surface area contributed by atoms with Crippen molar-refractivity contribution in [1.82, 2.24) is 9.88 Å². The molecule has 0 aliphatic heterocycles. The second kappa shape index (κ2) is 9.88. The molecule has 0 fully saturated rings. The number of rotatable bonds is 9. The molecule has 2 aromatic carbocycles. The van der Waals surface area contributed by atoms with Crippen LogP contribution in [0.2, 0.25) is 0 Å². The third-order valence-corrected chi connectivity index (χ3v) is 5.02. The Balaban J connectivity index is 1.63. The van der Waals surface area contributed by atoms with Gasteiger partial charge < -0.3 is 0 Å². The van der Waals surface area contributed by atoms with Crippen LogP contribution in [0.3, 0.4) is 0 Å². The van der Waals surface area contributed by atoms with E-state index in [-0.39, 0.29) is 0 Å². The van der Waals surface area contributed by atoms with E-state index in [9.17, 15) is 0 Å². The van der Waals surface area contributed by atoms with E-state index in [1.165, 1.54) is 29.5 Å². The number of hydrogen-bond donors (Lipinski definition) is 0. The van der Waals surface area contributed by atoms with Crippen LogP contribution in [-0.2, 0) is 19.4 Å². The number of nitrogens with zero attached hydrogens (tertiary/aromatic N) is 2. The molecule has 0 spiro atoms. The third kappa shape index (κ3) is 5.82. The molecule has 0 saturated carbocycles. The molecule has 0 aliphatic rings. The maximum atomic E-state index is 4.13. The summed E-state index contributed by atoms with van der Waals surface area (Å²) in [4.78, 5) is 6.64. The molecule has 3 aromatic rings. The summed E-state index contributed by atoms with van der Waals surface area (Å²) < 4.78 is 0. The van der Waals surface area contributed by atoms with Gasteiger partial charge in [-0.05, 0) is 61.6 Å². The fraction of sp³-hybridized carbons (Fsp3) is 0.292. The maximum Gasteiger partial charge on any atom is 0.0270 e. The summed E-state index contributed by atoms with van der Waals surface area (Å²) in [5.41, 5.74) is 4.18. The topological polar surface area (TPSA) is 16.1 Å².